The second-order valence-electron chi connectivity index (χ2n) is 3.74. The lowest BCUT2D eigenvalue weighted by Crippen LogP contribution is -2.29. The van der Waals surface area contributed by atoms with Gasteiger partial charge in [0.2, 0.25) is 0 Å². The van der Waals surface area contributed by atoms with Crippen LogP contribution in [-0.2, 0) is 6.42 Å². The molecule has 1 aromatic heterocycles. The summed E-state index contributed by atoms with van der Waals surface area (Å²) >= 11 is 1.72. The number of nitrogens with one attached hydrogen (secondary N) is 1. The van der Waals surface area contributed by atoms with Gasteiger partial charge in [0.1, 0.15) is 0 Å². The molecular formula is C12H12N2S. The zero-order valence-electron chi connectivity index (χ0n) is 8.31. The van der Waals surface area contributed by atoms with Crippen molar-refractivity contribution < 1.29 is 0 Å². The minimum Gasteiger partial charge on any atom is -0.305 e. The second-order valence-corrected chi connectivity index (χ2v) is 4.66. The van der Waals surface area contributed by atoms with Crippen LogP contribution in [0.1, 0.15) is 22.0 Å². The van der Waals surface area contributed by atoms with Gasteiger partial charge in [-0.05, 0) is 17.5 Å². The summed E-state index contributed by atoms with van der Waals surface area (Å²) in [6.07, 6.45) is 3.09. The van der Waals surface area contributed by atoms with Crippen LogP contribution in [0.3, 0.4) is 0 Å². The Bertz CT molecular complexity index is 450. The summed E-state index contributed by atoms with van der Waals surface area (Å²) < 4.78 is 0. The van der Waals surface area contributed by atoms with E-state index in [2.05, 4.69) is 34.6 Å². The number of nitrogens with zero attached hydrogens (tertiary/aromatic N) is 1. The van der Waals surface area contributed by atoms with Crippen molar-refractivity contribution in [1.29, 1.82) is 0 Å². The number of benzene rings is 1. The maximum absolute atomic E-state index is 4.15. The van der Waals surface area contributed by atoms with E-state index in [0.29, 0.717) is 6.04 Å². The molecule has 0 amide bonds. The number of hydrogen-bond donors (Lipinski definition) is 1. The van der Waals surface area contributed by atoms with Gasteiger partial charge in [-0.3, -0.25) is 4.98 Å². The van der Waals surface area contributed by atoms with E-state index < -0.39 is 0 Å². The van der Waals surface area contributed by atoms with Crippen LogP contribution < -0.4 is 5.32 Å². The summed E-state index contributed by atoms with van der Waals surface area (Å²) in [4.78, 5) is 5.46. The first kappa shape index (κ1) is 9.07. The molecule has 2 nitrogen and oxygen atoms in total. The third kappa shape index (κ3) is 1.58. The first-order chi connectivity index (χ1) is 7.45. The predicted octanol–water partition coefficient (Wildman–Crippen LogP) is 2.38. The lowest BCUT2D eigenvalue weighted by atomic mass is 9.94. The Morgan fingerprint density at radius 2 is 2.27 bits per heavy atom. The molecule has 1 N–H and O–H groups in total. The molecule has 1 aliphatic rings. The van der Waals surface area contributed by atoms with E-state index in [1.807, 2.05) is 11.7 Å². The number of thiazole rings is 1. The average Bonchev–Trinajstić information content (AvgIpc) is 2.82. The van der Waals surface area contributed by atoms with E-state index in [1.165, 1.54) is 16.0 Å². The fraction of sp³-hybridized carbons (Fsp3) is 0.250. The summed E-state index contributed by atoms with van der Waals surface area (Å²) in [5.41, 5.74) is 4.77. The van der Waals surface area contributed by atoms with Crippen LogP contribution in [0.5, 0.6) is 0 Å². The summed E-state index contributed by atoms with van der Waals surface area (Å²) in [6, 6.07) is 9.02. The molecule has 0 fully saturated rings. The number of hydrogen-bond acceptors (Lipinski definition) is 3. The second kappa shape index (κ2) is 3.76. The van der Waals surface area contributed by atoms with E-state index in [1.54, 1.807) is 11.3 Å². The Morgan fingerprint density at radius 3 is 3.13 bits per heavy atom. The Hall–Kier alpha value is -1.19. The van der Waals surface area contributed by atoms with Crippen LogP contribution in [-0.4, -0.2) is 11.5 Å². The molecule has 1 aromatic carbocycles. The topological polar surface area (TPSA) is 24.9 Å². The third-order valence-electron chi connectivity index (χ3n) is 2.84. The summed E-state index contributed by atoms with van der Waals surface area (Å²) in [5.74, 6) is 0. The van der Waals surface area contributed by atoms with Crippen molar-refractivity contribution in [2.45, 2.75) is 12.5 Å². The highest BCUT2D eigenvalue weighted by Crippen LogP contribution is 2.30. The zero-order valence-corrected chi connectivity index (χ0v) is 9.13. The molecule has 0 radical (unpaired) electrons. The molecule has 0 aliphatic carbocycles. The Kier molecular flexibility index (Phi) is 2.27. The minimum absolute atomic E-state index is 0.349. The number of aromatic nitrogens is 1. The standard InChI is InChI=1S/C12H12N2S/c1-2-4-10-9(3-1)5-6-14-12(10)11-7-13-8-15-11/h1-4,7-8,12,14H,5-6H2. The van der Waals surface area contributed by atoms with Crippen LogP contribution in [0.2, 0.25) is 0 Å². The summed E-state index contributed by atoms with van der Waals surface area (Å²) in [7, 11) is 0. The highest BCUT2D eigenvalue weighted by molar-refractivity contribution is 7.09. The monoisotopic (exact) mass is 216 g/mol. The van der Waals surface area contributed by atoms with Crippen molar-refractivity contribution in [2.24, 2.45) is 0 Å². The molecule has 1 unspecified atom stereocenters. The van der Waals surface area contributed by atoms with Gasteiger partial charge in [0.15, 0.2) is 0 Å². The largest absolute Gasteiger partial charge is 0.305 e. The predicted molar refractivity (Wildman–Crippen MR) is 62.1 cm³/mol. The summed E-state index contributed by atoms with van der Waals surface area (Å²) in [5, 5.41) is 3.55. The molecule has 3 heteroatoms. The van der Waals surface area contributed by atoms with Crippen molar-refractivity contribution in [1.82, 2.24) is 10.3 Å². The first-order valence-corrected chi connectivity index (χ1v) is 6.03. The lowest BCUT2D eigenvalue weighted by Gasteiger charge is -2.25. The summed E-state index contributed by atoms with van der Waals surface area (Å²) in [6.45, 7) is 1.06. The zero-order chi connectivity index (χ0) is 10.1. The molecule has 3 rings (SSSR count). The van der Waals surface area contributed by atoms with E-state index in [-0.39, 0.29) is 0 Å². The third-order valence-corrected chi connectivity index (χ3v) is 3.69. The highest BCUT2D eigenvalue weighted by Gasteiger charge is 2.21. The molecule has 15 heavy (non-hydrogen) atoms. The van der Waals surface area contributed by atoms with Crippen LogP contribution in [0.4, 0.5) is 0 Å². The van der Waals surface area contributed by atoms with Crippen LogP contribution >= 0.6 is 11.3 Å². The SMILES string of the molecule is c1ccc2c(c1)CCNC2c1cncs1. The van der Waals surface area contributed by atoms with E-state index in [0.717, 1.165) is 13.0 Å². The normalized spacial score (nSPS) is 19.9. The maximum atomic E-state index is 4.15. The van der Waals surface area contributed by atoms with Crippen LogP contribution in [0.25, 0.3) is 0 Å². The van der Waals surface area contributed by atoms with Crippen LogP contribution in [0, 0.1) is 0 Å². The lowest BCUT2D eigenvalue weighted by molar-refractivity contribution is 0.574. The average molecular weight is 216 g/mol. The van der Waals surface area contributed by atoms with Crippen molar-refractivity contribution in [3.05, 3.63) is 52.0 Å². The van der Waals surface area contributed by atoms with Gasteiger partial charge in [0, 0.05) is 17.6 Å². The molecule has 76 valence electrons. The Morgan fingerprint density at radius 1 is 1.33 bits per heavy atom. The van der Waals surface area contributed by atoms with Gasteiger partial charge < -0.3 is 5.32 Å². The Labute approximate surface area is 93.0 Å². The molecule has 2 aromatic rings. The maximum Gasteiger partial charge on any atom is 0.0794 e. The van der Waals surface area contributed by atoms with Crippen molar-refractivity contribution >= 4 is 11.3 Å². The van der Waals surface area contributed by atoms with E-state index in [4.69, 9.17) is 0 Å². The molecule has 1 aliphatic heterocycles. The smallest absolute Gasteiger partial charge is 0.0794 e. The van der Waals surface area contributed by atoms with Crippen molar-refractivity contribution in [3.63, 3.8) is 0 Å². The first-order valence-electron chi connectivity index (χ1n) is 5.15. The van der Waals surface area contributed by atoms with Gasteiger partial charge in [-0.2, -0.15) is 0 Å². The van der Waals surface area contributed by atoms with Gasteiger partial charge >= 0.3 is 0 Å². The molecule has 1 atom stereocenters. The Balaban J connectivity index is 2.06. The molecule has 0 bridgehead atoms. The minimum atomic E-state index is 0.349. The molecule has 0 saturated heterocycles. The molecular weight excluding hydrogens is 204 g/mol. The highest BCUT2D eigenvalue weighted by atomic mass is 32.1. The fourth-order valence-corrected chi connectivity index (χ4v) is 2.84. The number of fused-ring (bicyclic) bond motifs is 1. The van der Waals surface area contributed by atoms with E-state index in [9.17, 15) is 0 Å². The van der Waals surface area contributed by atoms with Gasteiger partial charge in [0.05, 0.1) is 11.6 Å². The van der Waals surface area contributed by atoms with Gasteiger partial charge in [-0.15, -0.1) is 11.3 Å². The number of rotatable bonds is 1. The quantitative estimate of drug-likeness (QED) is 0.791. The van der Waals surface area contributed by atoms with Gasteiger partial charge in [-0.25, -0.2) is 0 Å². The van der Waals surface area contributed by atoms with Gasteiger partial charge in [0.25, 0.3) is 0 Å². The van der Waals surface area contributed by atoms with E-state index >= 15 is 0 Å². The molecule has 0 spiro atoms. The van der Waals surface area contributed by atoms with Gasteiger partial charge in [-0.1, -0.05) is 24.3 Å². The molecule has 2 heterocycles. The molecule has 0 saturated carbocycles. The fourth-order valence-electron chi connectivity index (χ4n) is 2.13. The van der Waals surface area contributed by atoms with Crippen molar-refractivity contribution in [2.75, 3.05) is 6.54 Å². The van der Waals surface area contributed by atoms with Crippen LogP contribution in [0.15, 0.2) is 36.0 Å². The van der Waals surface area contributed by atoms with Crippen molar-refractivity contribution in [3.8, 4) is 0 Å².